The van der Waals surface area contributed by atoms with Crippen molar-refractivity contribution in [1.29, 1.82) is 0 Å². The van der Waals surface area contributed by atoms with Gasteiger partial charge in [-0.1, -0.05) is 17.7 Å². The third kappa shape index (κ3) is 5.99. The van der Waals surface area contributed by atoms with Crippen LogP contribution in [0.1, 0.15) is 10.4 Å². The quantitative estimate of drug-likeness (QED) is 0.356. The summed E-state index contributed by atoms with van der Waals surface area (Å²) >= 11 is 6.24. The van der Waals surface area contributed by atoms with Gasteiger partial charge in [0.1, 0.15) is 16.5 Å². The maximum atomic E-state index is 13.6. The molecule has 3 aromatic carbocycles. The number of sulfonamides is 2. The number of carbonyl (C=O) groups is 1. The molecule has 1 amide bonds. The Balaban J connectivity index is 2.02. The van der Waals surface area contributed by atoms with E-state index in [4.69, 9.17) is 16.3 Å². The molecule has 0 bridgehead atoms. The van der Waals surface area contributed by atoms with Gasteiger partial charge in [0.15, 0.2) is 0 Å². The second kappa shape index (κ2) is 11.5. The van der Waals surface area contributed by atoms with E-state index in [1.165, 1.54) is 69.7 Å². The van der Waals surface area contributed by atoms with Crippen molar-refractivity contribution < 1.29 is 30.8 Å². The number of carbonyl (C=O) groups excluding carboxylic acids is 1. The van der Waals surface area contributed by atoms with Gasteiger partial charge in [0.25, 0.3) is 15.9 Å². The van der Waals surface area contributed by atoms with Crippen LogP contribution in [0.15, 0.2) is 83.1 Å². The van der Waals surface area contributed by atoms with Crippen molar-refractivity contribution in [3.8, 4) is 5.75 Å². The summed E-state index contributed by atoms with van der Waals surface area (Å²) in [4.78, 5) is 12.7. The Morgan fingerprint density at radius 2 is 1.68 bits per heavy atom. The third-order valence-electron chi connectivity index (χ3n) is 5.37. The number of nitrogens with one attached hydrogen (secondary N) is 1. The van der Waals surface area contributed by atoms with Gasteiger partial charge < -0.3 is 10.1 Å². The van der Waals surface area contributed by atoms with Gasteiger partial charge in [-0.25, -0.2) is 25.5 Å². The lowest BCUT2D eigenvalue weighted by atomic mass is 10.2. The number of ether oxygens (including phenoxy) is 1. The van der Waals surface area contributed by atoms with Gasteiger partial charge in [-0.2, -0.15) is 0 Å². The summed E-state index contributed by atoms with van der Waals surface area (Å²) in [6, 6.07) is 12.4. The molecule has 0 aromatic heterocycles. The van der Waals surface area contributed by atoms with Crippen molar-refractivity contribution in [3.63, 3.8) is 0 Å². The Hall–Kier alpha value is -3.45. The van der Waals surface area contributed by atoms with Crippen molar-refractivity contribution in [1.82, 2.24) is 4.31 Å². The smallest absolute Gasteiger partial charge is 0.266 e. The molecule has 0 saturated heterocycles. The maximum absolute atomic E-state index is 13.6. The van der Waals surface area contributed by atoms with E-state index in [0.29, 0.717) is 0 Å². The van der Waals surface area contributed by atoms with E-state index in [-0.39, 0.29) is 44.0 Å². The number of benzene rings is 3. The van der Waals surface area contributed by atoms with Crippen LogP contribution < -0.4 is 14.4 Å². The van der Waals surface area contributed by atoms with Gasteiger partial charge in [-0.3, -0.25) is 9.10 Å². The van der Waals surface area contributed by atoms with Crippen LogP contribution in [0, 0.1) is 5.82 Å². The number of hydrogen-bond acceptors (Lipinski definition) is 6. The van der Waals surface area contributed by atoms with Gasteiger partial charge in [-0.15, -0.1) is 6.58 Å². The van der Waals surface area contributed by atoms with Crippen molar-refractivity contribution in [3.05, 3.63) is 89.7 Å². The minimum absolute atomic E-state index is 0.0550. The lowest BCUT2D eigenvalue weighted by Crippen LogP contribution is -2.31. The van der Waals surface area contributed by atoms with E-state index in [0.717, 1.165) is 26.8 Å². The Bertz CT molecular complexity index is 1580. The van der Waals surface area contributed by atoms with Crippen LogP contribution in [-0.4, -0.2) is 54.8 Å². The molecule has 0 aliphatic carbocycles. The van der Waals surface area contributed by atoms with E-state index >= 15 is 0 Å². The number of nitrogens with zero attached hydrogens (tertiary/aromatic N) is 2. The number of anilines is 2. The summed E-state index contributed by atoms with van der Waals surface area (Å²) in [6.07, 6.45) is 1.35. The maximum Gasteiger partial charge on any atom is 0.266 e. The normalized spacial score (nSPS) is 11.7. The molecular formula is C25H25ClFN3O6S2. The van der Waals surface area contributed by atoms with Crippen molar-refractivity contribution in [2.24, 2.45) is 0 Å². The molecule has 3 aromatic rings. The highest BCUT2D eigenvalue weighted by Crippen LogP contribution is 2.32. The molecule has 0 radical (unpaired) electrons. The van der Waals surface area contributed by atoms with E-state index in [1.807, 2.05) is 0 Å². The van der Waals surface area contributed by atoms with Gasteiger partial charge in [0, 0.05) is 19.7 Å². The first-order valence-electron chi connectivity index (χ1n) is 10.9. The molecule has 1 N–H and O–H groups in total. The van der Waals surface area contributed by atoms with Gasteiger partial charge in [0.05, 0.1) is 34.9 Å². The molecule has 38 heavy (non-hydrogen) atoms. The number of methoxy groups -OCH3 is 1. The topological polar surface area (TPSA) is 113 Å². The van der Waals surface area contributed by atoms with E-state index < -0.39 is 31.8 Å². The summed E-state index contributed by atoms with van der Waals surface area (Å²) in [6.45, 7) is 3.43. The fourth-order valence-electron chi connectivity index (χ4n) is 3.38. The van der Waals surface area contributed by atoms with Crippen LogP contribution in [0.25, 0.3) is 0 Å². The van der Waals surface area contributed by atoms with Crippen LogP contribution in [-0.2, 0) is 20.0 Å². The SMILES string of the molecule is C=CCN(c1ccc(F)cc1)S(=O)(=O)c1cc(C(=O)Nc2cc(S(=O)(=O)N(C)C)ccc2OC)ccc1Cl. The van der Waals surface area contributed by atoms with Gasteiger partial charge in [-0.05, 0) is 60.7 Å². The molecule has 0 saturated carbocycles. The molecule has 0 fully saturated rings. The molecule has 0 aliphatic heterocycles. The average molecular weight is 582 g/mol. The fourth-order valence-corrected chi connectivity index (χ4v) is 6.25. The largest absolute Gasteiger partial charge is 0.495 e. The zero-order valence-electron chi connectivity index (χ0n) is 20.7. The summed E-state index contributed by atoms with van der Waals surface area (Å²) in [5.41, 5.74) is 0.147. The Kier molecular flexibility index (Phi) is 8.82. The first-order chi connectivity index (χ1) is 17.8. The highest BCUT2D eigenvalue weighted by molar-refractivity contribution is 7.93. The highest BCUT2D eigenvalue weighted by Gasteiger charge is 2.28. The lowest BCUT2D eigenvalue weighted by Gasteiger charge is -2.24. The summed E-state index contributed by atoms with van der Waals surface area (Å²) in [5.74, 6) is -1.10. The summed E-state index contributed by atoms with van der Waals surface area (Å²) in [7, 11) is -4.04. The zero-order chi connectivity index (χ0) is 28.3. The van der Waals surface area contributed by atoms with Crippen LogP contribution in [0.3, 0.4) is 0 Å². The number of halogens is 2. The van der Waals surface area contributed by atoms with Crippen molar-refractivity contribution >= 4 is 48.9 Å². The van der Waals surface area contributed by atoms with Gasteiger partial charge >= 0.3 is 0 Å². The monoisotopic (exact) mass is 581 g/mol. The molecule has 0 unspecified atom stereocenters. The first-order valence-corrected chi connectivity index (χ1v) is 14.2. The minimum Gasteiger partial charge on any atom is -0.495 e. The molecule has 202 valence electrons. The number of amides is 1. The van der Waals surface area contributed by atoms with Crippen LogP contribution >= 0.6 is 11.6 Å². The molecular weight excluding hydrogens is 557 g/mol. The van der Waals surface area contributed by atoms with Crippen LogP contribution in [0.5, 0.6) is 5.75 Å². The fraction of sp³-hybridized carbons (Fsp3) is 0.160. The zero-order valence-corrected chi connectivity index (χ0v) is 23.1. The Morgan fingerprint density at radius 3 is 2.26 bits per heavy atom. The molecule has 13 heteroatoms. The summed E-state index contributed by atoms with van der Waals surface area (Å²) in [5, 5.41) is 2.42. The number of hydrogen-bond donors (Lipinski definition) is 1. The second-order valence-electron chi connectivity index (χ2n) is 8.05. The molecule has 0 aliphatic rings. The van der Waals surface area contributed by atoms with Gasteiger partial charge in [0.2, 0.25) is 10.0 Å². The predicted octanol–water partition coefficient (Wildman–Crippen LogP) is 4.37. The average Bonchev–Trinajstić information content (AvgIpc) is 2.87. The molecule has 3 rings (SSSR count). The lowest BCUT2D eigenvalue weighted by molar-refractivity contribution is 0.102. The van der Waals surface area contributed by atoms with Crippen LogP contribution in [0.4, 0.5) is 15.8 Å². The first kappa shape index (κ1) is 29.1. The second-order valence-corrected chi connectivity index (χ2v) is 12.4. The van der Waals surface area contributed by atoms with E-state index in [2.05, 4.69) is 11.9 Å². The minimum atomic E-state index is -4.32. The van der Waals surface area contributed by atoms with Crippen LogP contribution in [0.2, 0.25) is 5.02 Å². The number of rotatable bonds is 10. The van der Waals surface area contributed by atoms with E-state index in [9.17, 15) is 26.0 Å². The van der Waals surface area contributed by atoms with Crippen molar-refractivity contribution in [2.75, 3.05) is 37.4 Å². The molecule has 9 nitrogen and oxygen atoms in total. The molecule has 0 heterocycles. The van der Waals surface area contributed by atoms with Crippen molar-refractivity contribution in [2.45, 2.75) is 9.79 Å². The standard InChI is InChI=1S/C25H25ClFN3O6S2/c1-5-14-30(19-9-7-18(27)8-10-19)38(34,35)24-15-17(6-12-21(24)26)25(31)28-22-16-20(11-13-23(22)36-4)37(32,33)29(2)3/h5-13,15-16H,1,14H2,2-4H3,(H,28,31). The molecule has 0 spiro atoms. The molecule has 0 atom stereocenters. The van der Waals surface area contributed by atoms with E-state index in [1.54, 1.807) is 0 Å². The third-order valence-corrected chi connectivity index (χ3v) is 9.46. The summed E-state index contributed by atoms with van der Waals surface area (Å²) < 4.78 is 72.9. The Morgan fingerprint density at radius 1 is 1.03 bits per heavy atom. The predicted molar refractivity (Wildman–Crippen MR) is 144 cm³/mol. The Labute approximate surface area is 226 Å². The highest BCUT2D eigenvalue weighted by atomic mass is 35.5.